The SMILES string of the molecule is CCCCCCC(C)n1c(N)nc2ccc(F)cc21. The zero-order chi connectivity index (χ0) is 13.8. The molecule has 0 saturated heterocycles. The van der Waals surface area contributed by atoms with Gasteiger partial charge < -0.3 is 10.3 Å². The first kappa shape index (κ1) is 13.8. The fraction of sp³-hybridized carbons (Fsp3) is 0.533. The lowest BCUT2D eigenvalue weighted by atomic mass is 10.1. The van der Waals surface area contributed by atoms with Crippen molar-refractivity contribution >= 4 is 17.0 Å². The molecule has 2 N–H and O–H groups in total. The van der Waals surface area contributed by atoms with Crippen molar-refractivity contribution in [2.45, 2.75) is 52.0 Å². The number of fused-ring (bicyclic) bond motifs is 1. The molecule has 3 nitrogen and oxygen atoms in total. The monoisotopic (exact) mass is 263 g/mol. The normalized spacial score (nSPS) is 13.0. The van der Waals surface area contributed by atoms with E-state index in [1.807, 2.05) is 4.57 Å². The third kappa shape index (κ3) is 3.06. The van der Waals surface area contributed by atoms with E-state index in [1.165, 1.54) is 37.8 Å². The molecule has 1 heterocycles. The van der Waals surface area contributed by atoms with E-state index in [1.54, 1.807) is 6.07 Å². The Morgan fingerprint density at radius 1 is 1.32 bits per heavy atom. The van der Waals surface area contributed by atoms with E-state index in [2.05, 4.69) is 18.8 Å². The zero-order valence-corrected chi connectivity index (χ0v) is 11.7. The molecule has 0 spiro atoms. The number of hydrogen-bond acceptors (Lipinski definition) is 2. The Kier molecular flexibility index (Phi) is 4.40. The molecule has 0 aliphatic rings. The summed E-state index contributed by atoms with van der Waals surface area (Å²) in [6, 6.07) is 4.87. The Bertz CT molecular complexity index is 548. The molecule has 1 unspecified atom stereocenters. The molecule has 2 aromatic rings. The Morgan fingerprint density at radius 2 is 2.11 bits per heavy atom. The van der Waals surface area contributed by atoms with Crippen molar-refractivity contribution in [3.8, 4) is 0 Å². The average molecular weight is 263 g/mol. The first-order chi connectivity index (χ1) is 9.13. The van der Waals surface area contributed by atoms with Gasteiger partial charge in [0.2, 0.25) is 5.95 Å². The second kappa shape index (κ2) is 6.04. The van der Waals surface area contributed by atoms with Gasteiger partial charge in [-0.25, -0.2) is 9.37 Å². The molecule has 0 fully saturated rings. The maximum Gasteiger partial charge on any atom is 0.201 e. The number of halogens is 1. The van der Waals surface area contributed by atoms with Crippen LogP contribution in [-0.2, 0) is 0 Å². The zero-order valence-electron chi connectivity index (χ0n) is 11.7. The van der Waals surface area contributed by atoms with Crippen LogP contribution in [0.1, 0.15) is 52.0 Å². The Hall–Kier alpha value is -1.58. The van der Waals surface area contributed by atoms with Gasteiger partial charge in [0, 0.05) is 6.04 Å². The number of nitrogen functional groups attached to an aromatic ring is 1. The van der Waals surface area contributed by atoms with E-state index in [0.29, 0.717) is 5.95 Å². The van der Waals surface area contributed by atoms with Crippen LogP contribution in [0.15, 0.2) is 18.2 Å². The minimum atomic E-state index is -0.244. The molecule has 4 heteroatoms. The van der Waals surface area contributed by atoms with Crippen molar-refractivity contribution < 1.29 is 4.39 Å². The highest BCUT2D eigenvalue weighted by molar-refractivity contribution is 5.78. The molecule has 1 atom stereocenters. The number of rotatable bonds is 6. The maximum atomic E-state index is 13.4. The van der Waals surface area contributed by atoms with Gasteiger partial charge in [0.25, 0.3) is 0 Å². The summed E-state index contributed by atoms with van der Waals surface area (Å²) in [6.07, 6.45) is 5.95. The molecule has 19 heavy (non-hydrogen) atoms. The maximum absolute atomic E-state index is 13.4. The summed E-state index contributed by atoms with van der Waals surface area (Å²) in [5.41, 5.74) is 7.52. The van der Waals surface area contributed by atoms with Crippen molar-refractivity contribution in [2.24, 2.45) is 0 Å². The number of hydrogen-bond donors (Lipinski definition) is 1. The van der Waals surface area contributed by atoms with E-state index >= 15 is 0 Å². The van der Waals surface area contributed by atoms with Crippen LogP contribution < -0.4 is 5.73 Å². The highest BCUT2D eigenvalue weighted by Gasteiger charge is 2.14. The summed E-state index contributed by atoms with van der Waals surface area (Å²) >= 11 is 0. The lowest BCUT2D eigenvalue weighted by molar-refractivity contribution is 0.486. The van der Waals surface area contributed by atoms with Crippen molar-refractivity contribution in [2.75, 3.05) is 5.73 Å². The third-order valence-electron chi connectivity index (χ3n) is 3.60. The molecule has 0 aliphatic carbocycles. The molecular formula is C15H22FN3. The van der Waals surface area contributed by atoms with Gasteiger partial charge in [0.05, 0.1) is 11.0 Å². The largest absolute Gasteiger partial charge is 0.369 e. The third-order valence-corrected chi connectivity index (χ3v) is 3.60. The van der Waals surface area contributed by atoms with Gasteiger partial charge in [-0.3, -0.25) is 0 Å². The number of benzene rings is 1. The van der Waals surface area contributed by atoms with E-state index in [9.17, 15) is 4.39 Å². The molecule has 2 rings (SSSR count). The van der Waals surface area contributed by atoms with Crippen LogP contribution in [0.3, 0.4) is 0 Å². The molecule has 104 valence electrons. The number of anilines is 1. The second-order valence-electron chi connectivity index (χ2n) is 5.17. The van der Waals surface area contributed by atoms with E-state index in [4.69, 9.17) is 5.73 Å². The van der Waals surface area contributed by atoms with Crippen LogP contribution in [0.5, 0.6) is 0 Å². The van der Waals surface area contributed by atoms with Gasteiger partial charge in [-0.15, -0.1) is 0 Å². The van der Waals surface area contributed by atoms with Gasteiger partial charge in [0.15, 0.2) is 0 Å². The van der Waals surface area contributed by atoms with Crippen LogP contribution >= 0.6 is 0 Å². The number of nitrogens with two attached hydrogens (primary N) is 1. The first-order valence-electron chi connectivity index (χ1n) is 7.06. The fourth-order valence-corrected chi connectivity index (χ4v) is 2.54. The average Bonchev–Trinajstić information content (AvgIpc) is 2.70. The topological polar surface area (TPSA) is 43.8 Å². The molecule has 1 aromatic heterocycles. The molecule has 0 aliphatic heterocycles. The highest BCUT2D eigenvalue weighted by Crippen LogP contribution is 2.26. The van der Waals surface area contributed by atoms with Gasteiger partial charge in [-0.05, 0) is 31.5 Å². The number of unbranched alkanes of at least 4 members (excludes halogenated alkanes) is 3. The Morgan fingerprint density at radius 3 is 2.84 bits per heavy atom. The minimum Gasteiger partial charge on any atom is -0.369 e. The molecule has 0 bridgehead atoms. The van der Waals surface area contributed by atoms with Crippen LogP contribution in [0.25, 0.3) is 11.0 Å². The Balaban J connectivity index is 2.18. The number of nitrogens with zero attached hydrogens (tertiary/aromatic N) is 2. The van der Waals surface area contributed by atoms with E-state index < -0.39 is 0 Å². The quantitative estimate of drug-likeness (QED) is 0.790. The van der Waals surface area contributed by atoms with Gasteiger partial charge in [-0.2, -0.15) is 0 Å². The van der Waals surface area contributed by atoms with E-state index in [-0.39, 0.29) is 11.9 Å². The summed E-state index contributed by atoms with van der Waals surface area (Å²) in [6.45, 7) is 4.32. The summed E-state index contributed by atoms with van der Waals surface area (Å²) < 4.78 is 15.3. The van der Waals surface area contributed by atoms with E-state index in [0.717, 1.165) is 17.5 Å². The summed E-state index contributed by atoms with van der Waals surface area (Å²) in [5.74, 6) is 0.232. The van der Waals surface area contributed by atoms with Crippen LogP contribution in [0.2, 0.25) is 0 Å². The summed E-state index contributed by atoms with van der Waals surface area (Å²) in [4.78, 5) is 4.29. The highest BCUT2D eigenvalue weighted by atomic mass is 19.1. The predicted octanol–water partition coefficient (Wildman–Crippen LogP) is 4.29. The molecule has 0 saturated carbocycles. The first-order valence-corrected chi connectivity index (χ1v) is 7.06. The van der Waals surface area contributed by atoms with Gasteiger partial charge in [-0.1, -0.05) is 32.6 Å². The van der Waals surface area contributed by atoms with Crippen molar-refractivity contribution in [3.63, 3.8) is 0 Å². The van der Waals surface area contributed by atoms with Crippen LogP contribution in [0.4, 0.5) is 10.3 Å². The standard InChI is InChI=1S/C15H22FN3/c1-3-4-5-6-7-11(2)19-14-10-12(16)8-9-13(14)18-15(19)17/h8-11H,3-7H2,1-2H3,(H2,17,18). The number of imidazole rings is 1. The van der Waals surface area contributed by atoms with Gasteiger partial charge >= 0.3 is 0 Å². The van der Waals surface area contributed by atoms with Crippen LogP contribution in [-0.4, -0.2) is 9.55 Å². The van der Waals surface area contributed by atoms with Gasteiger partial charge in [0.1, 0.15) is 5.82 Å². The Labute approximate surface area is 113 Å². The van der Waals surface area contributed by atoms with Crippen LogP contribution in [0, 0.1) is 5.82 Å². The van der Waals surface area contributed by atoms with Crippen molar-refractivity contribution in [3.05, 3.63) is 24.0 Å². The second-order valence-corrected chi connectivity index (χ2v) is 5.17. The molecule has 0 radical (unpaired) electrons. The fourth-order valence-electron chi connectivity index (χ4n) is 2.54. The molecule has 0 amide bonds. The minimum absolute atomic E-state index is 0.244. The lowest BCUT2D eigenvalue weighted by Gasteiger charge is -2.15. The number of aromatic nitrogens is 2. The smallest absolute Gasteiger partial charge is 0.201 e. The van der Waals surface area contributed by atoms with Crippen molar-refractivity contribution in [1.82, 2.24) is 9.55 Å². The summed E-state index contributed by atoms with van der Waals surface area (Å²) in [5, 5.41) is 0. The summed E-state index contributed by atoms with van der Waals surface area (Å²) in [7, 11) is 0. The molecular weight excluding hydrogens is 241 g/mol. The molecule has 1 aromatic carbocycles. The lowest BCUT2D eigenvalue weighted by Crippen LogP contribution is -2.09. The van der Waals surface area contributed by atoms with Crippen molar-refractivity contribution in [1.29, 1.82) is 0 Å². The predicted molar refractivity (Wildman–Crippen MR) is 77.6 cm³/mol.